The van der Waals surface area contributed by atoms with Crippen LogP contribution in [0.2, 0.25) is 5.02 Å². The van der Waals surface area contributed by atoms with Gasteiger partial charge in [0.15, 0.2) is 0 Å². The Morgan fingerprint density at radius 2 is 1.80 bits per heavy atom. The molecule has 2 aromatic carbocycles. The molecule has 0 atom stereocenters. The lowest BCUT2D eigenvalue weighted by molar-refractivity contribution is 0.601. The summed E-state index contributed by atoms with van der Waals surface area (Å²) in [5.41, 5.74) is 6.55. The molecule has 2 aromatic rings. The molecule has 0 bridgehead atoms. The summed E-state index contributed by atoms with van der Waals surface area (Å²) >= 11 is 5.85. The van der Waals surface area contributed by atoms with Crippen molar-refractivity contribution in [3.63, 3.8) is 0 Å². The number of nitrogens with two attached hydrogens (primary N) is 1. The van der Waals surface area contributed by atoms with Crippen LogP contribution in [-0.4, -0.2) is 8.42 Å². The van der Waals surface area contributed by atoms with E-state index in [0.29, 0.717) is 5.69 Å². The second kappa shape index (κ2) is 5.41. The first kappa shape index (κ1) is 14.2. The Morgan fingerprint density at radius 1 is 1.15 bits per heavy atom. The second-order valence-corrected chi connectivity index (χ2v) is 6.07. The van der Waals surface area contributed by atoms with Gasteiger partial charge in [0, 0.05) is 5.69 Å². The fourth-order valence-electron chi connectivity index (χ4n) is 1.53. The highest BCUT2D eigenvalue weighted by molar-refractivity contribution is 7.92. The van der Waals surface area contributed by atoms with Crippen LogP contribution in [-0.2, 0) is 10.0 Å². The number of nitrogens with one attached hydrogen (secondary N) is 1. The summed E-state index contributed by atoms with van der Waals surface area (Å²) in [5.74, 6) is 0. The van der Waals surface area contributed by atoms with E-state index in [1.807, 2.05) is 6.07 Å². The summed E-state index contributed by atoms with van der Waals surface area (Å²) < 4.78 is 26.6. The molecule has 2 rings (SSSR count). The average Bonchev–Trinajstić information content (AvgIpc) is 2.39. The van der Waals surface area contributed by atoms with Gasteiger partial charge in [0.2, 0.25) is 0 Å². The third kappa shape index (κ3) is 3.02. The molecular weight excluding hydrogens is 298 g/mol. The molecule has 3 N–H and O–H groups in total. The van der Waals surface area contributed by atoms with Crippen molar-refractivity contribution < 1.29 is 8.42 Å². The van der Waals surface area contributed by atoms with Gasteiger partial charge in [-0.05, 0) is 42.5 Å². The first-order valence-electron chi connectivity index (χ1n) is 5.50. The van der Waals surface area contributed by atoms with Crippen molar-refractivity contribution in [2.75, 3.05) is 10.5 Å². The zero-order chi connectivity index (χ0) is 14.8. The van der Waals surface area contributed by atoms with Gasteiger partial charge in [-0.15, -0.1) is 0 Å². The van der Waals surface area contributed by atoms with Crippen LogP contribution in [0.1, 0.15) is 5.56 Å². The van der Waals surface area contributed by atoms with Crippen LogP contribution in [0.5, 0.6) is 0 Å². The SMILES string of the molecule is N#Cc1ccc(NS(=O)(=O)c2ccc(N)cc2)cc1Cl. The predicted octanol–water partition coefficient (Wildman–Crippen LogP) is 2.59. The first-order chi connectivity index (χ1) is 9.42. The third-order valence-corrected chi connectivity index (χ3v) is 4.24. The molecule has 20 heavy (non-hydrogen) atoms. The standard InChI is InChI=1S/C13H10ClN3O2S/c14-13-7-11(4-1-9(13)8-15)17-20(18,19)12-5-2-10(16)3-6-12/h1-7,17H,16H2. The van der Waals surface area contributed by atoms with Crippen molar-refractivity contribution >= 4 is 33.0 Å². The maximum Gasteiger partial charge on any atom is 0.261 e. The van der Waals surface area contributed by atoms with Gasteiger partial charge in [0.25, 0.3) is 10.0 Å². The van der Waals surface area contributed by atoms with Gasteiger partial charge in [-0.25, -0.2) is 8.42 Å². The summed E-state index contributed by atoms with van der Waals surface area (Å²) in [6.45, 7) is 0. The summed E-state index contributed by atoms with van der Waals surface area (Å²) in [7, 11) is -3.71. The number of halogens is 1. The number of sulfonamides is 1. The molecule has 7 heteroatoms. The van der Waals surface area contributed by atoms with E-state index in [0.717, 1.165) is 0 Å². The third-order valence-electron chi connectivity index (χ3n) is 2.53. The summed E-state index contributed by atoms with van der Waals surface area (Å²) in [6.07, 6.45) is 0. The van der Waals surface area contributed by atoms with E-state index in [9.17, 15) is 8.42 Å². The second-order valence-electron chi connectivity index (χ2n) is 3.98. The Morgan fingerprint density at radius 3 is 2.35 bits per heavy atom. The smallest absolute Gasteiger partial charge is 0.261 e. The average molecular weight is 308 g/mol. The molecule has 0 aliphatic rings. The Labute approximate surface area is 121 Å². The van der Waals surface area contributed by atoms with Crippen molar-refractivity contribution in [3.05, 3.63) is 53.1 Å². The highest BCUT2D eigenvalue weighted by Gasteiger charge is 2.14. The first-order valence-corrected chi connectivity index (χ1v) is 7.36. The van der Waals surface area contributed by atoms with Crippen molar-refractivity contribution in [1.82, 2.24) is 0 Å². The van der Waals surface area contributed by atoms with Gasteiger partial charge < -0.3 is 5.73 Å². The van der Waals surface area contributed by atoms with Gasteiger partial charge in [-0.3, -0.25) is 4.72 Å². The lowest BCUT2D eigenvalue weighted by Gasteiger charge is -2.09. The molecule has 0 saturated carbocycles. The molecule has 0 saturated heterocycles. The number of nitriles is 1. The molecule has 0 aliphatic carbocycles. The van der Waals surface area contributed by atoms with Crippen LogP contribution in [0.15, 0.2) is 47.4 Å². The van der Waals surface area contributed by atoms with Crippen LogP contribution in [0, 0.1) is 11.3 Å². The van der Waals surface area contributed by atoms with Gasteiger partial charge in [-0.2, -0.15) is 5.26 Å². The predicted molar refractivity (Wildman–Crippen MR) is 77.8 cm³/mol. The molecule has 0 amide bonds. The molecule has 0 radical (unpaired) electrons. The summed E-state index contributed by atoms with van der Waals surface area (Å²) in [6, 6.07) is 12.0. The fraction of sp³-hybridized carbons (Fsp3) is 0. The number of hydrogen-bond acceptors (Lipinski definition) is 4. The molecular formula is C13H10ClN3O2S. The molecule has 102 valence electrons. The Kier molecular flexibility index (Phi) is 3.84. The van der Waals surface area contributed by atoms with Gasteiger partial charge in [0.1, 0.15) is 6.07 Å². The minimum absolute atomic E-state index is 0.0900. The fourth-order valence-corrected chi connectivity index (χ4v) is 2.80. The number of anilines is 2. The van der Waals surface area contributed by atoms with Crippen LogP contribution < -0.4 is 10.5 Å². The van der Waals surface area contributed by atoms with Crippen LogP contribution >= 0.6 is 11.6 Å². The lowest BCUT2D eigenvalue weighted by Crippen LogP contribution is -2.13. The quantitative estimate of drug-likeness (QED) is 0.852. The number of benzene rings is 2. The topological polar surface area (TPSA) is 96.0 Å². The van der Waals surface area contributed by atoms with Crippen molar-refractivity contribution in [3.8, 4) is 6.07 Å². The van der Waals surface area contributed by atoms with E-state index in [1.54, 1.807) is 0 Å². The van der Waals surface area contributed by atoms with E-state index < -0.39 is 10.0 Å². The minimum atomic E-state index is -3.71. The normalized spacial score (nSPS) is 10.8. The van der Waals surface area contributed by atoms with Crippen LogP contribution in [0.4, 0.5) is 11.4 Å². The van der Waals surface area contributed by atoms with Crippen LogP contribution in [0.3, 0.4) is 0 Å². The number of rotatable bonds is 3. The monoisotopic (exact) mass is 307 g/mol. The lowest BCUT2D eigenvalue weighted by atomic mass is 10.2. The Balaban J connectivity index is 2.31. The van der Waals surface area contributed by atoms with Crippen LogP contribution in [0.25, 0.3) is 0 Å². The van der Waals surface area contributed by atoms with E-state index in [1.165, 1.54) is 42.5 Å². The van der Waals surface area contributed by atoms with Crippen molar-refractivity contribution in [1.29, 1.82) is 5.26 Å². The van der Waals surface area contributed by atoms with Gasteiger partial charge in [0.05, 0.1) is 21.2 Å². The Bertz CT molecular complexity index is 780. The molecule has 0 aliphatic heterocycles. The molecule has 0 heterocycles. The minimum Gasteiger partial charge on any atom is -0.399 e. The van der Waals surface area contributed by atoms with Crippen molar-refractivity contribution in [2.45, 2.75) is 4.90 Å². The molecule has 5 nitrogen and oxygen atoms in total. The maximum absolute atomic E-state index is 12.1. The van der Waals surface area contributed by atoms with Gasteiger partial charge >= 0.3 is 0 Å². The molecule has 0 spiro atoms. The molecule has 0 fully saturated rings. The van der Waals surface area contributed by atoms with Crippen molar-refractivity contribution in [2.24, 2.45) is 0 Å². The van der Waals surface area contributed by atoms with E-state index in [4.69, 9.17) is 22.6 Å². The zero-order valence-electron chi connectivity index (χ0n) is 10.2. The van der Waals surface area contributed by atoms with E-state index in [-0.39, 0.29) is 21.2 Å². The largest absolute Gasteiger partial charge is 0.399 e. The van der Waals surface area contributed by atoms with Gasteiger partial charge in [-0.1, -0.05) is 11.6 Å². The Hall–Kier alpha value is -2.23. The molecule has 0 aromatic heterocycles. The number of hydrogen-bond donors (Lipinski definition) is 2. The van der Waals surface area contributed by atoms with E-state index >= 15 is 0 Å². The van der Waals surface area contributed by atoms with E-state index in [2.05, 4.69) is 4.72 Å². The number of nitrogen functional groups attached to an aromatic ring is 1. The highest BCUT2D eigenvalue weighted by Crippen LogP contribution is 2.23. The molecule has 0 unspecified atom stereocenters. The number of nitrogens with zero attached hydrogens (tertiary/aromatic N) is 1. The zero-order valence-corrected chi connectivity index (χ0v) is 11.7. The summed E-state index contributed by atoms with van der Waals surface area (Å²) in [5, 5.41) is 8.95. The highest BCUT2D eigenvalue weighted by atomic mass is 35.5. The maximum atomic E-state index is 12.1. The summed E-state index contributed by atoms with van der Waals surface area (Å²) in [4.78, 5) is 0.0900.